The van der Waals surface area contributed by atoms with Crippen LogP contribution in [-0.4, -0.2) is 0 Å². The zero-order chi connectivity index (χ0) is 33.8. The maximum absolute atomic E-state index is 12.5. The minimum atomic E-state index is 0. The Hall–Kier alpha value is -5.36. The second kappa shape index (κ2) is 14.1. The summed E-state index contributed by atoms with van der Waals surface area (Å²) in [6.07, 6.45) is 5.96. The molecule has 6 aromatic carbocycles. The first-order chi connectivity index (χ1) is 24.0. The summed E-state index contributed by atoms with van der Waals surface area (Å²) >= 11 is 3.18. The smallest absolute Gasteiger partial charge is 0.694 e. The van der Waals surface area contributed by atoms with Crippen molar-refractivity contribution in [2.24, 2.45) is 0 Å². The molecule has 0 fully saturated rings. The van der Waals surface area contributed by atoms with E-state index in [-0.39, 0.29) is 37.1 Å². The van der Waals surface area contributed by atoms with Crippen LogP contribution in [0.25, 0.3) is 75.1 Å². The molecule has 8 aromatic rings. The molecule has 0 bridgehead atoms. The molecule has 0 spiro atoms. The Morgan fingerprint density at radius 2 is 0.843 bits per heavy atom. The van der Waals surface area contributed by atoms with Crippen molar-refractivity contribution in [3.63, 3.8) is 0 Å². The van der Waals surface area contributed by atoms with E-state index in [1.807, 2.05) is 79.6 Å². The van der Waals surface area contributed by atoms with Crippen molar-refractivity contribution in [3.05, 3.63) is 144 Å². The van der Waals surface area contributed by atoms with E-state index in [4.69, 9.17) is 6.42 Å². The van der Waals surface area contributed by atoms with Gasteiger partial charge in [-0.15, -0.1) is 34.5 Å². The van der Waals surface area contributed by atoms with Gasteiger partial charge in [0.25, 0.3) is 0 Å². The fourth-order valence-corrected chi connectivity index (χ4v) is 9.78. The summed E-state index contributed by atoms with van der Waals surface area (Å²) in [5.41, 5.74) is 10.2. The first-order valence-electron chi connectivity index (χ1n) is 15.8. The first kappa shape index (κ1) is 35.5. The van der Waals surface area contributed by atoms with Crippen LogP contribution in [0.1, 0.15) is 39.3 Å². The van der Waals surface area contributed by atoms with Gasteiger partial charge in [-0.2, -0.15) is 0 Å². The third-order valence-corrected chi connectivity index (χ3v) is 11.4. The normalized spacial score (nSPS) is 11.3. The van der Waals surface area contributed by atoms with Crippen molar-refractivity contribution in [1.29, 1.82) is 0 Å². The van der Waals surface area contributed by atoms with Crippen molar-refractivity contribution in [2.45, 2.75) is 28.2 Å². The minimum absolute atomic E-state index is 0. The molecule has 2 aliphatic rings. The second-order valence-electron chi connectivity index (χ2n) is 11.6. The van der Waals surface area contributed by atoms with E-state index in [9.17, 15) is 9.59 Å². The van der Waals surface area contributed by atoms with Crippen molar-refractivity contribution in [2.75, 3.05) is 0 Å². The summed E-state index contributed by atoms with van der Waals surface area (Å²) in [7, 11) is 0. The fourth-order valence-electron chi connectivity index (χ4n) is 7.19. The van der Waals surface area contributed by atoms with E-state index in [0.29, 0.717) is 9.40 Å². The topological polar surface area (TPSA) is 34.1 Å². The zero-order valence-corrected chi connectivity index (χ0v) is 29.5. The molecule has 0 N–H and O–H groups in total. The number of fused-ring (bicyclic) bond motifs is 14. The third kappa shape index (κ3) is 5.22. The number of benzene rings is 4. The van der Waals surface area contributed by atoms with Crippen molar-refractivity contribution in [3.8, 4) is 51.9 Å². The maximum atomic E-state index is 12.5. The van der Waals surface area contributed by atoms with E-state index in [1.165, 1.54) is 53.8 Å². The SMILES string of the molecule is C.CC#CC1=c2sc3c(c2-c2ccccc21)-c1ccccc1C=3C#CC.O=c1c2ccccc2c2c1sc1c(=O)c3ccccc3c12.[C-]#CC.[Li+]. The Morgan fingerprint density at radius 3 is 1.22 bits per heavy atom. The van der Waals surface area contributed by atoms with Crippen LogP contribution in [0.3, 0.4) is 0 Å². The third-order valence-electron chi connectivity index (χ3n) is 9.00. The molecule has 5 heteroatoms. The predicted molar refractivity (Wildman–Crippen MR) is 215 cm³/mol. The molecule has 51 heavy (non-hydrogen) atoms. The van der Waals surface area contributed by atoms with Gasteiger partial charge in [0.1, 0.15) is 0 Å². The van der Waals surface area contributed by atoms with Crippen LogP contribution in [0, 0.1) is 36.0 Å². The van der Waals surface area contributed by atoms with Gasteiger partial charge in [0.15, 0.2) is 0 Å². The summed E-state index contributed by atoms with van der Waals surface area (Å²) < 4.78 is 4.02. The van der Waals surface area contributed by atoms with E-state index < -0.39 is 0 Å². The minimum Gasteiger partial charge on any atom is -0.694 e. The van der Waals surface area contributed by atoms with Gasteiger partial charge in [-0.05, 0) is 53.8 Å². The Bertz CT molecular complexity index is 2900. The number of hydrogen-bond donors (Lipinski definition) is 0. The average Bonchev–Trinajstić information content (AvgIpc) is 3.94. The summed E-state index contributed by atoms with van der Waals surface area (Å²) in [4.78, 5) is 25.0. The Kier molecular flexibility index (Phi) is 9.81. The van der Waals surface area contributed by atoms with E-state index in [1.54, 1.807) is 6.92 Å². The van der Waals surface area contributed by atoms with Crippen LogP contribution in [0.4, 0.5) is 0 Å². The maximum Gasteiger partial charge on any atom is 1.00 e. The molecule has 0 amide bonds. The van der Waals surface area contributed by atoms with Crippen LogP contribution in [0.2, 0.25) is 0 Å². The van der Waals surface area contributed by atoms with E-state index in [2.05, 4.69) is 72.2 Å². The van der Waals surface area contributed by atoms with Gasteiger partial charge in [0.05, 0.1) is 29.6 Å². The Labute approximate surface area is 316 Å². The summed E-state index contributed by atoms with van der Waals surface area (Å²) in [5.74, 6) is 14.9. The van der Waals surface area contributed by atoms with Crippen LogP contribution >= 0.6 is 22.7 Å². The molecule has 0 aliphatic heterocycles. The van der Waals surface area contributed by atoms with Gasteiger partial charge >= 0.3 is 18.9 Å². The van der Waals surface area contributed by atoms with E-state index >= 15 is 0 Å². The molecule has 0 saturated heterocycles. The van der Waals surface area contributed by atoms with Crippen LogP contribution < -0.4 is 38.8 Å². The van der Waals surface area contributed by atoms with E-state index in [0.717, 1.165) is 43.5 Å². The monoisotopic (exact) mass is 684 g/mol. The van der Waals surface area contributed by atoms with Gasteiger partial charge < -0.3 is 12.3 Å². The van der Waals surface area contributed by atoms with Gasteiger partial charge in [0.2, 0.25) is 10.9 Å². The summed E-state index contributed by atoms with van der Waals surface area (Å²) in [6, 6.07) is 32.5. The molecule has 0 unspecified atom stereocenters. The second-order valence-corrected chi connectivity index (χ2v) is 13.7. The van der Waals surface area contributed by atoms with Crippen LogP contribution in [0.15, 0.2) is 107 Å². The standard InChI is InChI=1S/C24H14S.C18H8O2S.C3H3.CH4.Li/c1-3-9-19-15-11-5-7-13-17(15)21-22-18-14-8-6-12-16(18)20(10-4-2)24(22)25-23(19)21;19-15-11-7-3-1-5-9(11)13-14-10-6-2-4-8-12(10)16(20)18(14)21-17(13)15;1-3-2;;/h5-8,11-14H,1-2H3;1-8H;1H3;1H4;/q;;-1;;+1. The van der Waals surface area contributed by atoms with Crippen molar-refractivity contribution >= 4 is 75.5 Å². The number of rotatable bonds is 0. The molecule has 2 nitrogen and oxygen atoms in total. The average molecular weight is 685 g/mol. The van der Waals surface area contributed by atoms with Crippen LogP contribution in [0.5, 0.6) is 0 Å². The molecule has 0 saturated carbocycles. The molecule has 2 aromatic heterocycles. The van der Waals surface area contributed by atoms with Crippen molar-refractivity contribution < 1.29 is 18.9 Å². The van der Waals surface area contributed by atoms with Crippen LogP contribution in [-0.2, 0) is 0 Å². The van der Waals surface area contributed by atoms with Gasteiger partial charge in [0, 0.05) is 32.7 Å². The Morgan fingerprint density at radius 1 is 0.510 bits per heavy atom. The zero-order valence-electron chi connectivity index (χ0n) is 27.9. The quantitative estimate of drug-likeness (QED) is 0.106. The number of thiophene rings is 2. The fraction of sp³-hybridized carbons (Fsp3) is 0.0870. The molecule has 238 valence electrons. The summed E-state index contributed by atoms with van der Waals surface area (Å²) in [5, 5.41) is 5.32. The molecular weight excluding hydrogens is 656 g/mol. The molecular formula is C46H29LiO2S2. The largest absolute Gasteiger partial charge is 1.00 e. The van der Waals surface area contributed by atoms with Gasteiger partial charge in [-0.25, -0.2) is 0 Å². The summed E-state index contributed by atoms with van der Waals surface area (Å²) in [6.45, 7) is 5.36. The van der Waals surface area contributed by atoms with Gasteiger partial charge in [-0.1, -0.05) is 116 Å². The van der Waals surface area contributed by atoms with Crippen molar-refractivity contribution in [1.82, 2.24) is 0 Å². The molecule has 2 aliphatic carbocycles. The van der Waals surface area contributed by atoms with Gasteiger partial charge in [-0.3, -0.25) is 9.59 Å². The molecule has 2 heterocycles. The molecule has 0 atom stereocenters. The first-order valence-corrected chi connectivity index (χ1v) is 17.4. The predicted octanol–water partition coefficient (Wildman–Crippen LogP) is 6.35. The molecule has 10 rings (SSSR count). The molecule has 0 radical (unpaired) electrons. The number of hydrogen-bond acceptors (Lipinski definition) is 4. The Balaban J connectivity index is 0.000000159.